The molecular formula is C19H20N10O4S. The summed E-state index contributed by atoms with van der Waals surface area (Å²) >= 11 is 0. The molecule has 2 aromatic heterocycles. The Labute approximate surface area is 193 Å². The molecule has 4 aromatic rings. The molecule has 1 saturated heterocycles. The number of methoxy groups -OCH3 is 1. The number of ether oxygens (including phenoxy) is 1. The molecule has 15 heteroatoms. The fourth-order valence-electron chi connectivity index (χ4n) is 3.74. The van der Waals surface area contributed by atoms with Crippen LogP contribution in [0, 0.1) is 0 Å². The highest BCUT2D eigenvalue weighted by atomic mass is 32.2. The fourth-order valence-corrected chi connectivity index (χ4v) is 4.25. The van der Waals surface area contributed by atoms with Crippen LogP contribution in [0.4, 0.5) is 11.6 Å². The number of rotatable bonds is 6. The third-order valence-electron chi connectivity index (χ3n) is 5.19. The lowest BCUT2D eigenvalue weighted by molar-refractivity contribution is -0.100. The van der Waals surface area contributed by atoms with Crippen molar-refractivity contribution in [1.29, 1.82) is 0 Å². The van der Waals surface area contributed by atoms with Crippen molar-refractivity contribution >= 4 is 38.5 Å². The highest BCUT2D eigenvalue weighted by Crippen LogP contribution is 2.35. The van der Waals surface area contributed by atoms with Gasteiger partial charge in [-0.05, 0) is 34.0 Å². The third kappa shape index (κ3) is 3.57. The van der Waals surface area contributed by atoms with Crippen LogP contribution in [0.25, 0.3) is 10.9 Å². The van der Waals surface area contributed by atoms with Crippen molar-refractivity contribution in [3.8, 4) is 0 Å². The van der Waals surface area contributed by atoms with E-state index in [2.05, 4.69) is 36.9 Å². The Morgan fingerprint density at radius 1 is 1.12 bits per heavy atom. The number of carbonyl (C=O) groups excluding carboxylic acids is 1. The van der Waals surface area contributed by atoms with Crippen LogP contribution in [0.2, 0.25) is 0 Å². The predicted molar refractivity (Wildman–Crippen MR) is 121 cm³/mol. The van der Waals surface area contributed by atoms with Crippen LogP contribution in [0.1, 0.15) is 10.5 Å². The quantitative estimate of drug-likeness (QED) is 0.300. The van der Waals surface area contributed by atoms with Gasteiger partial charge >= 0.3 is 5.97 Å². The monoisotopic (exact) mass is 484 g/mol. The lowest BCUT2D eigenvalue weighted by Crippen LogP contribution is -2.58. The molecule has 0 aliphatic carbocycles. The topological polar surface area (TPSA) is 162 Å². The molecule has 1 atom stereocenters. The first-order valence-electron chi connectivity index (χ1n) is 9.94. The van der Waals surface area contributed by atoms with Crippen LogP contribution in [0.3, 0.4) is 0 Å². The number of nitrogens with zero attached hydrogens (tertiary/aromatic N) is 6. The zero-order chi connectivity index (χ0) is 23.9. The number of H-pyrrole nitrogens is 1. The first kappa shape index (κ1) is 21.9. The highest BCUT2D eigenvalue weighted by molar-refractivity contribution is 7.88. The molecule has 0 saturated carbocycles. The van der Waals surface area contributed by atoms with Crippen LogP contribution in [0.5, 0.6) is 0 Å². The van der Waals surface area contributed by atoms with Crippen molar-refractivity contribution < 1.29 is 17.9 Å². The normalized spacial score (nSPS) is 19.1. The molecule has 0 radical (unpaired) electrons. The number of sulfonamides is 1. The van der Waals surface area contributed by atoms with E-state index in [0.717, 1.165) is 10.8 Å². The van der Waals surface area contributed by atoms with Crippen molar-refractivity contribution in [2.75, 3.05) is 23.7 Å². The van der Waals surface area contributed by atoms with Crippen LogP contribution in [0.15, 0.2) is 60.7 Å². The third-order valence-corrected chi connectivity index (χ3v) is 6.03. The first-order valence-corrected chi connectivity index (χ1v) is 11.8. The molecule has 0 spiro atoms. The number of nitrogens with one attached hydrogen (secondary N) is 4. The highest BCUT2D eigenvalue weighted by Gasteiger charge is 2.52. The second-order valence-corrected chi connectivity index (χ2v) is 9.17. The molecule has 4 N–H and O–H groups in total. The van der Waals surface area contributed by atoms with Gasteiger partial charge in [-0.15, -0.1) is 10.6 Å². The van der Waals surface area contributed by atoms with E-state index in [1.165, 1.54) is 12.1 Å². The summed E-state index contributed by atoms with van der Waals surface area (Å²) < 4.78 is 33.3. The number of hydrogen-bond donors (Lipinski definition) is 4. The van der Waals surface area contributed by atoms with Gasteiger partial charge in [-0.3, -0.25) is 14.7 Å². The van der Waals surface area contributed by atoms with Gasteiger partial charge in [0.15, 0.2) is 0 Å². The second-order valence-electron chi connectivity index (χ2n) is 7.34. The van der Waals surface area contributed by atoms with Crippen LogP contribution >= 0.6 is 0 Å². The summed E-state index contributed by atoms with van der Waals surface area (Å²) in [5.74, 6) is -2.32. The van der Waals surface area contributed by atoms with E-state index in [-0.39, 0.29) is 11.6 Å². The average Bonchev–Trinajstić information content (AvgIpc) is 3.56. The average molecular weight is 485 g/mol. The first-order chi connectivity index (χ1) is 16.3. The summed E-state index contributed by atoms with van der Waals surface area (Å²) in [5.41, 5.74) is 6.96. The van der Waals surface area contributed by atoms with Gasteiger partial charge in [-0.25, -0.2) is 13.4 Å². The van der Waals surface area contributed by atoms with Gasteiger partial charge in [0.1, 0.15) is 5.69 Å². The fraction of sp³-hybridized carbons (Fsp3) is 0.158. The van der Waals surface area contributed by atoms with E-state index in [4.69, 9.17) is 4.74 Å². The Bertz CT molecular complexity index is 1440. The molecule has 2 aromatic carbocycles. The maximum Gasteiger partial charge on any atom is 0.319 e. The van der Waals surface area contributed by atoms with Gasteiger partial charge in [-0.1, -0.05) is 41.5 Å². The number of amides is 1. The van der Waals surface area contributed by atoms with E-state index in [1.807, 2.05) is 18.2 Å². The van der Waals surface area contributed by atoms with Crippen molar-refractivity contribution in [1.82, 2.24) is 40.7 Å². The largest absolute Gasteiger partial charge is 0.326 e. The number of tetrazole rings is 1. The van der Waals surface area contributed by atoms with E-state index in [9.17, 15) is 13.2 Å². The van der Waals surface area contributed by atoms with Gasteiger partial charge in [0.2, 0.25) is 10.0 Å². The Kier molecular flexibility index (Phi) is 5.26. The van der Waals surface area contributed by atoms with Crippen LogP contribution < -0.4 is 21.3 Å². The maximum atomic E-state index is 13.3. The Hall–Kier alpha value is -3.89. The number of aromatic amines is 1. The lowest BCUT2D eigenvalue weighted by atomic mass is 10.2. The molecule has 1 aliphatic rings. The van der Waals surface area contributed by atoms with Crippen molar-refractivity contribution in [2.24, 2.45) is 0 Å². The number of benzene rings is 2. The van der Waals surface area contributed by atoms with Crippen LogP contribution in [-0.4, -0.2) is 57.4 Å². The van der Waals surface area contributed by atoms with E-state index < -0.39 is 21.9 Å². The molecule has 3 heterocycles. The number of aromatic nitrogens is 5. The molecule has 14 nitrogen and oxygen atoms in total. The van der Waals surface area contributed by atoms with Crippen molar-refractivity contribution in [2.45, 2.75) is 5.97 Å². The number of hydrogen-bond acceptors (Lipinski definition) is 10. The Morgan fingerprint density at radius 3 is 2.53 bits per heavy atom. The van der Waals surface area contributed by atoms with E-state index in [0.29, 0.717) is 16.6 Å². The minimum atomic E-state index is -3.80. The molecular weight excluding hydrogens is 464 g/mol. The molecule has 5 rings (SSSR count). The zero-order valence-corrected chi connectivity index (χ0v) is 18.8. The maximum absolute atomic E-state index is 13.3. The summed E-state index contributed by atoms with van der Waals surface area (Å²) in [5, 5.41) is 18.0. The molecule has 1 fully saturated rings. The molecule has 176 valence electrons. The van der Waals surface area contributed by atoms with Crippen molar-refractivity contribution in [3.05, 3.63) is 66.4 Å². The van der Waals surface area contributed by atoms with Gasteiger partial charge < -0.3 is 4.74 Å². The summed E-state index contributed by atoms with van der Waals surface area (Å²) in [6.07, 6.45) is 1.03. The number of anilines is 2. The van der Waals surface area contributed by atoms with Gasteiger partial charge in [0.05, 0.1) is 17.5 Å². The molecule has 1 aliphatic heterocycles. The lowest BCUT2D eigenvalue weighted by Gasteiger charge is -2.37. The van der Waals surface area contributed by atoms with Gasteiger partial charge in [0, 0.05) is 12.5 Å². The smallest absolute Gasteiger partial charge is 0.319 e. The molecule has 34 heavy (non-hydrogen) atoms. The molecule has 1 amide bonds. The zero-order valence-electron chi connectivity index (χ0n) is 18.0. The summed E-state index contributed by atoms with van der Waals surface area (Å²) in [4.78, 5) is 13.3. The van der Waals surface area contributed by atoms with Crippen LogP contribution in [-0.2, 0) is 20.7 Å². The minimum Gasteiger partial charge on any atom is -0.326 e. The number of fused-ring (bicyclic) bond motifs is 1. The van der Waals surface area contributed by atoms with Gasteiger partial charge in [-0.2, -0.15) is 10.6 Å². The number of carbonyl (C=O) groups is 1. The SMILES string of the molecule is COC1(n2c(C(=O)Nc3nn[nH]n3)cc3ccccc32)NN(S(C)(=O)=O)NN1c1ccccc1. The predicted octanol–water partition coefficient (Wildman–Crippen LogP) is 0.327. The summed E-state index contributed by atoms with van der Waals surface area (Å²) in [6.45, 7) is 0. The number of para-hydroxylation sites is 2. The van der Waals surface area contributed by atoms with E-state index >= 15 is 0 Å². The van der Waals surface area contributed by atoms with Gasteiger partial charge in [0.25, 0.3) is 11.9 Å². The second kappa shape index (κ2) is 8.15. The minimum absolute atomic E-state index is 0.0246. The van der Waals surface area contributed by atoms with Crippen molar-refractivity contribution in [3.63, 3.8) is 0 Å². The molecule has 0 bridgehead atoms. The summed E-state index contributed by atoms with van der Waals surface area (Å²) in [6, 6.07) is 17.8. The Morgan fingerprint density at radius 2 is 1.85 bits per heavy atom. The standard InChI is InChI=1S/C19H20N10O4S/c1-33-19(23-29(34(2,31)32)26-28(19)14-9-4-3-5-10-14)27-15-11-7-6-8-13(15)12-16(27)17(30)20-18-21-24-25-22-18/h3-12,23,26H,1-2H3,(H2,20,21,22,24,25,30). The van der Waals surface area contributed by atoms with E-state index in [1.54, 1.807) is 47.0 Å². The summed E-state index contributed by atoms with van der Waals surface area (Å²) in [7, 11) is -2.41. The molecule has 1 unspecified atom stereocenters. The number of hydrazine groups is 3. The Balaban J connectivity index is 1.74.